The van der Waals surface area contributed by atoms with Gasteiger partial charge in [-0.2, -0.15) is 11.8 Å². The molecule has 0 unspecified atom stereocenters. The molecule has 3 aromatic rings. The van der Waals surface area contributed by atoms with Crippen molar-refractivity contribution in [2.24, 2.45) is 0 Å². The highest BCUT2D eigenvalue weighted by molar-refractivity contribution is 7.98. The van der Waals surface area contributed by atoms with Gasteiger partial charge in [0.15, 0.2) is 0 Å². The van der Waals surface area contributed by atoms with Gasteiger partial charge in [-0.1, -0.05) is 35.0 Å². The van der Waals surface area contributed by atoms with Crippen molar-refractivity contribution in [3.8, 4) is 0 Å². The summed E-state index contributed by atoms with van der Waals surface area (Å²) in [6.45, 7) is 5.52. The van der Waals surface area contributed by atoms with E-state index in [-0.39, 0.29) is 5.91 Å². The number of hydrogen-bond acceptors (Lipinski definition) is 4. The molecule has 6 heteroatoms. The predicted molar refractivity (Wildman–Crippen MR) is 103 cm³/mol. The predicted octanol–water partition coefficient (Wildman–Crippen LogP) is 3.42. The van der Waals surface area contributed by atoms with Crippen molar-refractivity contribution in [3.63, 3.8) is 0 Å². The average Bonchev–Trinajstić information content (AvgIpc) is 3.05. The fraction of sp³-hybridized carbons (Fsp3) is 0.316. The SMILES string of the molecule is CCn1nnc2cc(C(=O)NCCSCc3ccc(C)cc3)ccc21. The number of aromatic nitrogens is 3. The number of hydrogen-bond donors (Lipinski definition) is 1. The van der Waals surface area contributed by atoms with Crippen LogP contribution in [0.25, 0.3) is 11.0 Å². The largest absolute Gasteiger partial charge is 0.351 e. The fourth-order valence-corrected chi connectivity index (χ4v) is 3.38. The van der Waals surface area contributed by atoms with E-state index in [1.165, 1.54) is 11.1 Å². The van der Waals surface area contributed by atoms with Gasteiger partial charge in [-0.3, -0.25) is 4.79 Å². The lowest BCUT2D eigenvalue weighted by Gasteiger charge is -2.06. The zero-order valence-corrected chi connectivity index (χ0v) is 15.3. The van der Waals surface area contributed by atoms with Crippen LogP contribution in [0, 0.1) is 6.92 Å². The monoisotopic (exact) mass is 354 g/mol. The number of benzene rings is 2. The molecule has 0 radical (unpaired) electrons. The Kier molecular flexibility index (Phi) is 5.71. The molecule has 0 atom stereocenters. The molecule has 0 saturated heterocycles. The van der Waals surface area contributed by atoms with Gasteiger partial charge in [0.25, 0.3) is 5.91 Å². The summed E-state index contributed by atoms with van der Waals surface area (Å²) in [5, 5.41) is 11.1. The summed E-state index contributed by atoms with van der Waals surface area (Å²) in [4.78, 5) is 12.3. The molecule has 3 rings (SSSR count). The van der Waals surface area contributed by atoms with Crippen LogP contribution < -0.4 is 5.32 Å². The van der Waals surface area contributed by atoms with Crippen LogP contribution in [0.3, 0.4) is 0 Å². The summed E-state index contributed by atoms with van der Waals surface area (Å²) in [5.41, 5.74) is 4.92. The second-order valence-electron chi connectivity index (χ2n) is 5.90. The van der Waals surface area contributed by atoms with Gasteiger partial charge >= 0.3 is 0 Å². The highest BCUT2D eigenvalue weighted by Gasteiger charge is 2.09. The maximum absolute atomic E-state index is 12.3. The van der Waals surface area contributed by atoms with E-state index in [2.05, 4.69) is 46.8 Å². The molecular weight excluding hydrogens is 332 g/mol. The molecule has 0 bridgehead atoms. The van der Waals surface area contributed by atoms with E-state index >= 15 is 0 Å². The van der Waals surface area contributed by atoms with E-state index in [1.54, 1.807) is 6.07 Å². The maximum atomic E-state index is 12.3. The van der Waals surface area contributed by atoms with E-state index in [1.807, 2.05) is 35.5 Å². The molecule has 0 aliphatic carbocycles. The first-order valence-electron chi connectivity index (χ1n) is 8.42. The molecular formula is C19H22N4OS. The van der Waals surface area contributed by atoms with Gasteiger partial charge in [-0.15, -0.1) is 5.10 Å². The number of aryl methyl sites for hydroxylation is 2. The molecule has 5 nitrogen and oxygen atoms in total. The van der Waals surface area contributed by atoms with Crippen LogP contribution in [-0.2, 0) is 12.3 Å². The average molecular weight is 354 g/mol. The van der Waals surface area contributed by atoms with Crippen molar-refractivity contribution < 1.29 is 4.79 Å². The Morgan fingerprint density at radius 2 is 2.00 bits per heavy atom. The van der Waals surface area contributed by atoms with Crippen molar-refractivity contribution in [2.45, 2.75) is 26.1 Å². The van der Waals surface area contributed by atoms with Gasteiger partial charge in [-0.05, 0) is 37.6 Å². The first kappa shape index (κ1) is 17.5. The number of nitrogens with one attached hydrogen (secondary N) is 1. The standard InChI is InChI=1S/C19H22N4OS/c1-3-23-18-9-8-16(12-17(18)21-22-23)19(24)20-10-11-25-13-15-6-4-14(2)5-7-15/h4-9,12H,3,10-11,13H2,1-2H3,(H,20,24). The summed E-state index contributed by atoms with van der Waals surface area (Å²) in [6, 6.07) is 14.1. The molecule has 0 aliphatic rings. The molecule has 130 valence electrons. The Morgan fingerprint density at radius 3 is 2.76 bits per heavy atom. The second-order valence-corrected chi connectivity index (χ2v) is 7.01. The van der Waals surface area contributed by atoms with E-state index in [0.717, 1.165) is 29.1 Å². The van der Waals surface area contributed by atoms with E-state index in [9.17, 15) is 4.79 Å². The minimum Gasteiger partial charge on any atom is -0.351 e. The molecule has 1 N–H and O–H groups in total. The van der Waals surface area contributed by atoms with Crippen molar-refractivity contribution in [1.29, 1.82) is 0 Å². The molecule has 0 spiro atoms. The van der Waals surface area contributed by atoms with E-state index in [4.69, 9.17) is 0 Å². The number of amides is 1. The zero-order chi connectivity index (χ0) is 17.6. The van der Waals surface area contributed by atoms with Gasteiger partial charge < -0.3 is 5.32 Å². The van der Waals surface area contributed by atoms with Gasteiger partial charge in [0.1, 0.15) is 5.52 Å². The van der Waals surface area contributed by atoms with Gasteiger partial charge in [-0.25, -0.2) is 4.68 Å². The van der Waals surface area contributed by atoms with Crippen LogP contribution in [0.15, 0.2) is 42.5 Å². The lowest BCUT2D eigenvalue weighted by molar-refractivity contribution is 0.0956. The lowest BCUT2D eigenvalue weighted by atomic mass is 10.2. The number of carbonyl (C=O) groups is 1. The first-order chi connectivity index (χ1) is 12.2. The number of carbonyl (C=O) groups excluding carboxylic acids is 1. The molecule has 0 fully saturated rings. The van der Waals surface area contributed by atoms with Crippen LogP contribution in [0.1, 0.15) is 28.4 Å². The number of thioether (sulfide) groups is 1. The van der Waals surface area contributed by atoms with Gasteiger partial charge in [0, 0.05) is 30.2 Å². The molecule has 25 heavy (non-hydrogen) atoms. The van der Waals surface area contributed by atoms with Gasteiger partial charge in [0.05, 0.1) is 5.52 Å². The fourth-order valence-electron chi connectivity index (χ4n) is 2.56. The molecule has 1 heterocycles. The molecule has 2 aromatic carbocycles. The minimum atomic E-state index is -0.0658. The molecule has 1 amide bonds. The highest BCUT2D eigenvalue weighted by atomic mass is 32.2. The van der Waals surface area contributed by atoms with Gasteiger partial charge in [0.2, 0.25) is 0 Å². The van der Waals surface area contributed by atoms with Crippen molar-refractivity contribution >= 4 is 28.7 Å². The smallest absolute Gasteiger partial charge is 0.251 e. The number of nitrogens with zero attached hydrogens (tertiary/aromatic N) is 3. The normalized spacial score (nSPS) is 11.0. The minimum absolute atomic E-state index is 0.0658. The van der Waals surface area contributed by atoms with E-state index < -0.39 is 0 Å². The van der Waals surface area contributed by atoms with Crippen molar-refractivity contribution in [2.75, 3.05) is 12.3 Å². The van der Waals surface area contributed by atoms with Crippen molar-refractivity contribution in [1.82, 2.24) is 20.3 Å². The molecule has 0 aliphatic heterocycles. The summed E-state index contributed by atoms with van der Waals surface area (Å²) in [5.74, 6) is 1.78. The summed E-state index contributed by atoms with van der Waals surface area (Å²) in [7, 11) is 0. The summed E-state index contributed by atoms with van der Waals surface area (Å²) >= 11 is 1.82. The number of fused-ring (bicyclic) bond motifs is 1. The Bertz CT molecular complexity index is 857. The number of rotatable bonds is 7. The quantitative estimate of drug-likeness (QED) is 0.661. The second kappa shape index (κ2) is 8.16. The molecule has 1 aromatic heterocycles. The first-order valence-corrected chi connectivity index (χ1v) is 9.57. The highest BCUT2D eigenvalue weighted by Crippen LogP contribution is 2.14. The Morgan fingerprint density at radius 1 is 1.20 bits per heavy atom. The third-order valence-corrected chi connectivity index (χ3v) is 5.03. The van der Waals surface area contributed by atoms with Crippen LogP contribution in [0.4, 0.5) is 0 Å². The summed E-state index contributed by atoms with van der Waals surface area (Å²) in [6.07, 6.45) is 0. The lowest BCUT2D eigenvalue weighted by Crippen LogP contribution is -2.25. The Hall–Kier alpha value is -2.34. The van der Waals surface area contributed by atoms with Crippen LogP contribution in [0.5, 0.6) is 0 Å². The maximum Gasteiger partial charge on any atom is 0.251 e. The van der Waals surface area contributed by atoms with Crippen LogP contribution in [0.2, 0.25) is 0 Å². The van der Waals surface area contributed by atoms with E-state index in [0.29, 0.717) is 12.1 Å². The Balaban J connectivity index is 1.46. The van der Waals surface area contributed by atoms with Crippen molar-refractivity contribution in [3.05, 3.63) is 59.2 Å². The third-order valence-electron chi connectivity index (χ3n) is 4.00. The van der Waals surface area contributed by atoms with Crippen LogP contribution in [-0.4, -0.2) is 33.2 Å². The topological polar surface area (TPSA) is 59.8 Å². The third kappa shape index (κ3) is 4.39. The zero-order valence-electron chi connectivity index (χ0n) is 14.5. The summed E-state index contributed by atoms with van der Waals surface area (Å²) < 4.78 is 1.82. The molecule has 0 saturated carbocycles. The van der Waals surface area contributed by atoms with Crippen LogP contribution >= 0.6 is 11.8 Å². The Labute approximate surface area is 151 Å².